The molecule has 0 bridgehead atoms. The molecule has 0 saturated carbocycles. The summed E-state index contributed by atoms with van der Waals surface area (Å²) in [7, 11) is 1.63. The number of aliphatic hydroxyl groups is 1. The minimum absolute atomic E-state index is 0.168. The van der Waals surface area contributed by atoms with Gasteiger partial charge in [0, 0.05) is 24.1 Å². The van der Waals surface area contributed by atoms with Crippen LogP contribution in [0.3, 0.4) is 0 Å². The van der Waals surface area contributed by atoms with E-state index >= 15 is 0 Å². The Hall–Kier alpha value is -3.78. The summed E-state index contributed by atoms with van der Waals surface area (Å²) < 4.78 is 4.78. The third-order valence-corrected chi connectivity index (χ3v) is 6.59. The van der Waals surface area contributed by atoms with Gasteiger partial charge >= 0.3 is 0 Å². The smallest absolute Gasteiger partial charge is 0.207 e. The highest BCUT2D eigenvalue weighted by atomic mass is 16.5. The quantitative estimate of drug-likeness (QED) is 0.0497. The lowest BCUT2D eigenvalue weighted by atomic mass is 9.97. The second kappa shape index (κ2) is 29.6. The van der Waals surface area contributed by atoms with E-state index in [1.54, 1.807) is 32.3 Å². The number of anilines is 1. The van der Waals surface area contributed by atoms with Gasteiger partial charge in [0.1, 0.15) is 11.6 Å². The van der Waals surface area contributed by atoms with Crippen molar-refractivity contribution in [3.05, 3.63) is 89.8 Å². The van der Waals surface area contributed by atoms with Crippen LogP contribution in [0, 0.1) is 5.41 Å². The molecule has 1 unspecified atom stereocenters. The Labute approximate surface area is 287 Å². The molecule has 0 aliphatic carbocycles. The first-order valence-corrected chi connectivity index (χ1v) is 17.1. The van der Waals surface area contributed by atoms with Gasteiger partial charge in [-0.2, -0.15) is 0 Å². The second-order valence-corrected chi connectivity index (χ2v) is 11.8. The largest absolute Gasteiger partial charge is 0.510 e. The van der Waals surface area contributed by atoms with Crippen LogP contribution in [0.1, 0.15) is 100.0 Å². The summed E-state index contributed by atoms with van der Waals surface area (Å²) >= 11 is 0. The van der Waals surface area contributed by atoms with Gasteiger partial charge in [0.15, 0.2) is 0 Å². The van der Waals surface area contributed by atoms with E-state index in [-0.39, 0.29) is 5.76 Å². The van der Waals surface area contributed by atoms with Crippen molar-refractivity contribution in [3.8, 4) is 0 Å². The topological polar surface area (TPSA) is 107 Å². The number of methoxy groups -OCH3 is 1. The van der Waals surface area contributed by atoms with Crippen LogP contribution >= 0.6 is 0 Å². The van der Waals surface area contributed by atoms with Crippen LogP contribution in [0.25, 0.3) is 0 Å². The standard InChI is InChI=1S/C24H34N4O2.C7H17N.C6H10O.C2H6/c1-3-20(9-5-7-15-25-24-10-6-8-16-26-24)28-21-13-11-19(12-14-21)17-22(27-18-29)23(30)4-2;1-5-8-6-7(2,3)4;1-4-5-6(2)7-3;1-2/h3-4,10-14,16,18,22,25,28,30H,5-9,15,17H2,1-2H3,(H,27,29);8H,5-6H2,1-4H3;4-5H,1H2,2-3H3;1-2H3/b20-3?,23-4+;;6-5+;. The Morgan fingerprint density at radius 1 is 1.11 bits per heavy atom. The molecule has 1 aromatic rings. The highest BCUT2D eigenvalue weighted by molar-refractivity contribution is 5.60. The Kier molecular flexibility index (Phi) is 28.6. The number of nitrogens with zero attached hydrogens (tertiary/aromatic N) is 1. The van der Waals surface area contributed by atoms with Gasteiger partial charge in [0.2, 0.25) is 6.41 Å². The first-order chi connectivity index (χ1) is 22.5. The molecule has 1 amide bonds. The molecule has 47 heavy (non-hydrogen) atoms. The highest BCUT2D eigenvalue weighted by Gasteiger charge is 2.12. The fourth-order valence-electron chi connectivity index (χ4n) is 3.98. The van der Waals surface area contributed by atoms with Crippen LogP contribution in [0.4, 0.5) is 5.69 Å². The number of allylic oxidation sites excluding steroid dienone is 7. The molecule has 2 rings (SSSR count). The summed E-state index contributed by atoms with van der Waals surface area (Å²) in [5.74, 6) is 2.05. The van der Waals surface area contributed by atoms with E-state index in [1.807, 2.05) is 58.2 Å². The zero-order valence-electron chi connectivity index (χ0n) is 31.2. The number of hydrogen-bond acceptors (Lipinski definition) is 7. The molecular formula is C39H67N5O3. The van der Waals surface area contributed by atoms with Crippen molar-refractivity contribution < 1.29 is 14.6 Å². The fourth-order valence-corrected chi connectivity index (χ4v) is 3.98. The molecule has 0 fully saturated rings. The highest BCUT2D eigenvalue weighted by Crippen LogP contribution is 2.17. The number of nitrogens with one attached hydrogen (secondary N) is 4. The van der Waals surface area contributed by atoms with Gasteiger partial charge in [0.05, 0.1) is 18.9 Å². The van der Waals surface area contributed by atoms with Crippen LogP contribution in [0.5, 0.6) is 0 Å². The summed E-state index contributed by atoms with van der Waals surface area (Å²) in [6, 6.07) is 7.68. The van der Waals surface area contributed by atoms with E-state index < -0.39 is 6.04 Å². The van der Waals surface area contributed by atoms with Crippen molar-refractivity contribution in [3.63, 3.8) is 0 Å². The molecule has 1 aliphatic heterocycles. The van der Waals surface area contributed by atoms with Crippen LogP contribution in [0.2, 0.25) is 0 Å². The van der Waals surface area contributed by atoms with Crippen molar-refractivity contribution in [1.82, 2.24) is 16.0 Å². The molecule has 0 aromatic heterocycles. The third-order valence-electron chi connectivity index (χ3n) is 6.59. The molecule has 8 nitrogen and oxygen atoms in total. The van der Waals surface area contributed by atoms with Crippen molar-refractivity contribution >= 4 is 18.3 Å². The van der Waals surface area contributed by atoms with Gasteiger partial charge in [0.25, 0.3) is 0 Å². The zero-order valence-corrected chi connectivity index (χ0v) is 31.2. The van der Waals surface area contributed by atoms with Crippen molar-refractivity contribution in [1.29, 1.82) is 0 Å². The predicted molar refractivity (Wildman–Crippen MR) is 205 cm³/mol. The molecule has 0 saturated heterocycles. The lowest BCUT2D eigenvalue weighted by Gasteiger charge is -2.17. The fraction of sp³-hybridized carbons (Fsp3) is 0.538. The molecule has 266 valence electrons. The normalized spacial score (nSPS) is 13.6. The number of aliphatic imine (C=N–C) groups is 1. The Morgan fingerprint density at radius 3 is 2.23 bits per heavy atom. The summed E-state index contributed by atoms with van der Waals surface area (Å²) in [5, 5.41) is 22.7. The van der Waals surface area contributed by atoms with Gasteiger partial charge in [-0.3, -0.25) is 4.79 Å². The minimum atomic E-state index is -0.402. The lowest BCUT2D eigenvalue weighted by Crippen LogP contribution is -2.31. The summed E-state index contributed by atoms with van der Waals surface area (Å²) in [6.45, 7) is 25.1. The zero-order chi connectivity index (χ0) is 35.9. The van der Waals surface area contributed by atoms with Crippen molar-refractivity contribution in [2.24, 2.45) is 10.4 Å². The van der Waals surface area contributed by atoms with Crippen LogP contribution in [-0.2, 0) is 16.0 Å². The number of carbonyl (C=O) groups excluding carboxylic acids is 1. The van der Waals surface area contributed by atoms with Crippen LogP contribution in [-0.4, -0.2) is 50.5 Å². The van der Waals surface area contributed by atoms with Gasteiger partial charge in [-0.15, -0.1) is 0 Å². The number of unbranched alkanes of at least 4 members (excludes halogenated alkanes) is 1. The average molecular weight is 654 g/mol. The average Bonchev–Trinajstić information content (AvgIpc) is 3.08. The molecule has 1 atom stereocenters. The summed E-state index contributed by atoms with van der Waals surface area (Å²) in [6.07, 6.45) is 17.8. The molecule has 1 aromatic carbocycles. The van der Waals surface area contributed by atoms with Crippen molar-refractivity contribution in [2.75, 3.05) is 32.1 Å². The minimum Gasteiger partial charge on any atom is -0.510 e. The van der Waals surface area contributed by atoms with E-state index in [4.69, 9.17) is 4.74 Å². The third kappa shape index (κ3) is 26.0. The van der Waals surface area contributed by atoms with Gasteiger partial charge in [-0.05, 0) is 114 Å². The second-order valence-electron chi connectivity index (χ2n) is 11.8. The van der Waals surface area contributed by atoms with Gasteiger partial charge < -0.3 is 31.1 Å². The number of benzene rings is 1. The van der Waals surface area contributed by atoms with E-state index in [2.05, 4.69) is 72.7 Å². The maximum absolute atomic E-state index is 10.8. The summed E-state index contributed by atoms with van der Waals surface area (Å²) in [5.41, 5.74) is 3.71. The molecular weight excluding hydrogens is 586 g/mol. The summed E-state index contributed by atoms with van der Waals surface area (Å²) in [4.78, 5) is 15.1. The van der Waals surface area contributed by atoms with Crippen LogP contribution < -0.4 is 21.3 Å². The van der Waals surface area contributed by atoms with E-state index in [0.29, 0.717) is 18.2 Å². The number of carbonyl (C=O) groups is 1. The maximum atomic E-state index is 10.8. The number of rotatable bonds is 17. The lowest BCUT2D eigenvalue weighted by molar-refractivity contribution is -0.110. The maximum Gasteiger partial charge on any atom is 0.207 e. The number of aliphatic hydroxyl groups excluding tert-OH is 1. The molecule has 5 N–H and O–H groups in total. The number of ether oxygens (including phenoxy) is 1. The monoisotopic (exact) mass is 654 g/mol. The SMILES string of the molecule is C=C/C=C(\C)OC.CC.CC=C(CCCCNC1=CCCC=N1)Nc1ccc(CC(NC=O)/C(O)=C\C)cc1.CCNCC(C)(C)C. The van der Waals surface area contributed by atoms with Gasteiger partial charge in [-0.1, -0.05) is 72.4 Å². The number of amides is 1. The van der Waals surface area contributed by atoms with Crippen LogP contribution in [0.15, 0.2) is 89.3 Å². The molecule has 1 heterocycles. The van der Waals surface area contributed by atoms with E-state index in [9.17, 15) is 9.90 Å². The van der Waals surface area contributed by atoms with E-state index in [1.165, 1.54) is 5.70 Å². The molecule has 0 spiro atoms. The number of hydrogen-bond donors (Lipinski definition) is 5. The van der Waals surface area contributed by atoms with Crippen molar-refractivity contribution in [2.45, 2.75) is 107 Å². The molecule has 1 aliphatic rings. The Morgan fingerprint density at radius 2 is 1.79 bits per heavy atom. The molecule has 0 radical (unpaired) electrons. The first kappa shape index (κ1) is 45.3. The first-order valence-electron chi connectivity index (χ1n) is 17.1. The predicted octanol–water partition coefficient (Wildman–Crippen LogP) is 8.98. The Balaban J connectivity index is 0. The Bertz CT molecular complexity index is 1100. The van der Waals surface area contributed by atoms with Gasteiger partial charge in [-0.25, -0.2) is 4.99 Å². The molecule has 8 heteroatoms. The van der Waals surface area contributed by atoms with E-state index in [0.717, 1.165) is 74.6 Å².